The Bertz CT molecular complexity index is 799. The highest BCUT2D eigenvalue weighted by Crippen LogP contribution is 2.11. The molecule has 1 aromatic carbocycles. The zero-order valence-corrected chi connectivity index (χ0v) is 14.4. The number of imidazole rings is 1. The van der Waals surface area contributed by atoms with Crippen molar-refractivity contribution in [3.8, 4) is 0 Å². The predicted molar refractivity (Wildman–Crippen MR) is 96.9 cm³/mol. The van der Waals surface area contributed by atoms with Crippen molar-refractivity contribution in [2.24, 2.45) is 7.05 Å². The van der Waals surface area contributed by atoms with Crippen LogP contribution in [0.15, 0.2) is 67.4 Å². The summed E-state index contributed by atoms with van der Waals surface area (Å²) in [7, 11) is 1.84. The summed E-state index contributed by atoms with van der Waals surface area (Å²) in [6, 6.07) is 14.2. The maximum absolute atomic E-state index is 12.9. The van der Waals surface area contributed by atoms with Crippen LogP contribution >= 0.6 is 0 Å². The normalized spacial score (nSPS) is 10.6. The van der Waals surface area contributed by atoms with Crippen LogP contribution in [0.1, 0.15) is 28.0 Å². The molecule has 0 radical (unpaired) electrons. The first-order valence-electron chi connectivity index (χ1n) is 8.42. The van der Waals surface area contributed by atoms with Crippen molar-refractivity contribution in [2.75, 3.05) is 6.54 Å². The van der Waals surface area contributed by atoms with Gasteiger partial charge in [0.1, 0.15) is 5.69 Å². The maximum atomic E-state index is 12.9. The quantitative estimate of drug-likeness (QED) is 0.667. The van der Waals surface area contributed by atoms with Gasteiger partial charge in [0, 0.05) is 32.5 Å². The van der Waals surface area contributed by atoms with Crippen LogP contribution < -0.4 is 0 Å². The molecule has 0 saturated heterocycles. The molecule has 128 valence electrons. The number of hydrogen-bond donors (Lipinski definition) is 0. The first-order valence-corrected chi connectivity index (χ1v) is 8.42. The van der Waals surface area contributed by atoms with Crippen molar-refractivity contribution >= 4 is 5.91 Å². The molecule has 1 amide bonds. The first-order chi connectivity index (χ1) is 12.2. The lowest BCUT2D eigenvalue weighted by molar-refractivity contribution is 0.0731. The van der Waals surface area contributed by atoms with Crippen LogP contribution in [0.5, 0.6) is 0 Å². The standard InChI is InChI=1S/C20H22N4O/c1-23-16-22-14-19(23)20(25)24(15-18-9-5-11-21-13-18)12-6-10-17-7-3-2-4-8-17/h2-5,7-9,11,13-14,16H,6,10,12,15H2,1H3. The van der Waals surface area contributed by atoms with Gasteiger partial charge >= 0.3 is 0 Å². The average Bonchev–Trinajstić information content (AvgIpc) is 3.08. The lowest BCUT2D eigenvalue weighted by Crippen LogP contribution is -2.33. The van der Waals surface area contributed by atoms with Gasteiger partial charge < -0.3 is 9.47 Å². The van der Waals surface area contributed by atoms with Crippen molar-refractivity contribution in [3.05, 3.63) is 84.2 Å². The molecule has 5 heteroatoms. The van der Waals surface area contributed by atoms with E-state index in [1.54, 1.807) is 29.5 Å². The molecule has 0 fully saturated rings. The van der Waals surface area contributed by atoms with Gasteiger partial charge in [0.15, 0.2) is 0 Å². The van der Waals surface area contributed by atoms with E-state index < -0.39 is 0 Å². The Balaban J connectivity index is 1.70. The fraction of sp³-hybridized carbons (Fsp3) is 0.250. The van der Waals surface area contributed by atoms with E-state index in [9.17, 15) is 4.79 Å². The minimum atomic E-state index is -0.00286. The summed E-state index contributed by atoms with van der Waals surface area (Å²) >= 11 is 0. The van der Waals surface area contributed by atoms with Crippen LogP contribution in [0.25, 0.3) is 0 Å². The number of carbonyl (C=O) groups is 1. The molecule has 0 aliphatic rings. The van der Waals surface area contributed by atoms with Crippen LogP contribution in [0, 0.1) is 0 Å². The molecule has 5 nitrogen and oxygen atoms in total. The molecular weight excluding hydrogens is 312 g/mol. The molecular formula is C20H22N4O. The zero-order chi connectivity index (χ0) is 17.5. The minimum Gasteiger partial charge on any atom is -0.333 e. The lowest BCUT2D eigenvalue weighted by Gasteiger charge is -2.23. The largest absolute Gasteiger partial charge is 0.333 e. The maximum Gasteiger partial charge on any atom is 0.272 e. The van der Waals surface area contributed by atoms with Gasteiger partial charge in [0.05, 0.1) is 12.5 Å². The summed E-state index contributed by atoms with van der Waals surface area (Å²) in [6.45, 7) is 1.24. The van der Waals surface area contributed by atoms with Crippen LogP contribution in [0.3, 0.4) is 0 Å². The lowest BCUT2D eigenvalue weighted by atomic mass is 10.1. The van der Waals surface area contributed by atoms with Crippen molar-refractivity contribution in [1.82, 2.24) is 19.4 Å². The average molecular weight is 334 g/mol. The van der Waals surface area contributed by atoms with Crippen molar-refractivity contribution in [2.45, 2.75) is 19.4 Å². The predicted octanol–water partition coefficient (Wildman–Crippen LogP) is 3.09. The fourth-order valence-corrected chi connectivity index (χ4v) is 2.81. The second kappa shape index (κ2) is 8.24. The summed E-state index contributed by atoms with van der Waals surface area (Å²) in [5.41, 5.74) is 2.91. The van der Waals surface area contributed by atoms with E-state index in [-0.39, 0.29) is 5.91 Å². The zero-order valence-electron chi connectivity index (χ0n) is 14.4. The van der Waals surface area contributed by atoms with Gasteiger partial charge in [-0.1, -0.05) is 36.4 Å². The van der Waals surface area contributed by atoms with Gasteiger partial charge in [0.2, 0.25) is 0 Å². The van der Waals surface area contributed by atoms with Gasteiger partial charge in [-0.3, -0.25) is 9.78 Å². The molecule has 0 unspecified atom stereocenters. The van der Waals surface area contributed by atoms with Crippen LogP contribution in [0.2, 0.25) is 0 Å². The molecule has 0 aliphatic carbocycles. The van der Waals surface area contributed by atoms with Gasteiger partial charge in [-0.15, -0.1) is 0 Å². The molecule has 0 N–H and O–H groups in total. The summed E-state index contributed by atoms with van der Waals surface area (Å²) in [4.78, 5) is 23.0. The van der Waals surface area contributed by atoms with E-state index in [2.05, 4.69) is 22.1 Å². The van der Waals surface area contributed by atoms with Gasteiger partial charge in [-0.2, -0.15) is 0 Å². The third kappa shape index (κ3) is 4.53. The van der Waals surface area contributed by atoms with Crippen LogP contribution in [0.4, 0.5) is 0 Å². The van der Waals surface area contributed by atoms with Gasteiger partial charge in [-0.05, 0) is 30.0 Å². The highest BCUT2D eigenvalue weighted by atomic mass is 16.2. The summed E-state index contributed by atoms with van der Waals surface area (Å²) in [5, 5.41) is 0. The number of aromatic nitrogens is 3. The number of benzene rings is 1. The van der Waals surface area contributed by atoms with E-state index in [1.807, 2.05) is 42.3 Å². The summed E-state index contributed by atoms with van der Waals surface area (Å²) in [6.07, 6.45) is 8.68. The summed E-state index contributed by atoms with van der Waals surface area (Å²) < 4.78 is 1.76. The number of carbonyl (C=O) groups excluding carboxylic acids is 1. The van der Waals surface area contributed by atoms with E-state index in [0.29, 0.717) is 18.8 Å². The molecule has 0 aliphatic heterocycles. The van der Waals surface area contributed by atoms with Crippen LogP contribution in [-0.4, -0.2) is 31.9 Å². The Morgan fingerprint density at radius 1 is 1.04 bits per heavy atom. The molecule has 25 heavy (non-hydrogen) atoms. The van der Waals surface area contributed by atoms with Crippen molar-refractivity contribution in [3.63, 3.8) is 0 Å². The van der Waals surface area contributed by atoms with E-state index in [1.165, 1.54) is 5.56 Å². The number of aryl methyl sites for hydroxylation is 2. The van der Waals surface area contributed by atoms with Gasteiger partial charge in [-0.25, -0.2) is 4.98 Å². The molecule has 2 heterocycles. The molecule has 0 bridgehead atoms. The molecule has 2 aromatic heterocycles. The SMILES string of the molecule is Cn1cncc1C(=O)N(CCCc1ccccc1)Cc1cccnc1. The number of nitrogens with zero attached hydrogens (tertiary/aromatic N) is 4. The van der Waals surface area contributed by atoms with Crippen LogP contribution in [-0.2, 0) is 20.0 Å². The van der Waals surface area contributed by atoms with Crippen molar-refractivity contribution < 1.29 is 4.79 Å². The Labute approximate surface area is 148 Å². The van der Waals surface area contributed by atoms with E-state index >= 15 is 0 Å². The molecule has 0 spiro atoms. The Morgan fingerprint density at radius 3 is 2.52 bits per heavy atom. The minimum absolute atomic E-state index is 0.00286. The number of hydrogen-bond acceptors (Lipinski definition) is 3. The third-order valence-corrected chi connectivity index (χ3v) is 4.16. The number of amides is 1. The van der Waals surface area contributed by atoms with Crippen molar-refractivity contribution in [1.29, 1.82) is 0 Å². The topological polar surface area (TPSA) is 51.0 Å². The van der Waals surface area contributed by atoms with Gasteiger partial charge in [0.25, 0.3) is 5.91 Å². The molecule has 3 aromatic rings. The fourth-order valence-electron chi connectivity index (χ4n) is 2.81. The molecule has 0 atom stereocenters. The first kappa shape index (κ1) is 16.9. The molecule has 3 rings (SSSR count). The highest BCUT2D eigenvalue weighted by molar-refractivity contribution is 5.92. The highest BCUT2D eigenvalue weighted by Gasteiger charge is 2.18. The van der Waals surface area contributed by atoms with E-state index in [0.717, 1.165) is 18.4 Å². The van der Waals surface area contributed by atoms with E-state index in [4.69, 9.17) is 0 Å². The smallest absolute Gasteiger partial charge is 0.272 e. The monoisotopic (exact) mass is 334 g/mol. The summed E-state index contributed by atoms with van der Waals surface area (Å²) in [5.74, 6) is -0.00286. The number of pyridine rings is 1. The third-order valence-electron chi connectivity index (χ3n) is 4.16. The second-order valence-corrected chi connectivity index (χ2v) is 6.07. The number of rotatable bonds is 7. The Morgan fingerprint density at radius 2 is 1.84 bits per heavy atom. The molecule has 0 saturated carbocycles. The Hall–Kier alpha value is -2.95. The Kier molecular flexibility index (Phi) is 5.57. The second-order valence-electron chi connectivity index (χ2n) is 6.07.